The monoisotopic (exact) mass is 254 g/mol. The average molecular weight is 254 g/mol. The van der Waals surface area contributed by atoms with Gasteiger partial charge in [0, 0.05) is 12.6 Å². The molecule has 0 radical (unpaired) electrons. The zero-order valence-corrected chi connectivity index (χ0v) is 11.9. The number of aliphatic hydroxyl groups excluding tert-OH is 1. The lowest BCUT2D eigenvalue weighted by molar-refractivity contribution is 0.00608. The third kappa shape index (κ3) is 3.25. The van der Waals surface area contributed by atoms with Crippen molar-refractivity contribution in [3.8, 4) is 0 Å². The highest BCUT2D eigenvalue weighted by atomic mass is 16.3. The van der Waals surface area contributed by atoms with Crippen LogP contribution in [0, 0.1) is 5.41 Å². The zero-order valence-electron chi connectivity index (χ0n) is 11.9. The zero-order chi connectivity index (χ0) is 13.0. The van der Waals surface area contributed by atoms with Gasteiger partial charge in [-0.05, 0) is 44.7 Å². The summed E-state index contributed by atoms with van der Waals surface area (Å²) < 4.78 is 0. The second-order valence-corrected chi connectivity index (χ2v) is 6.60. The van der Waals surface area contributed by atoms with Crippen LogP contribution < -0.4 is 5.73 Å². The van der Waals surface area contributed by atoms with Crippen LogP contribution in [-0.4, -0.2) is 42.3 Å². The van der Waals surface area contributed by atoms with Crippen LogP contribution in [0.1, 0.15) is 57.8 Å². The largest absolute Gasteiger partial charge is 0.391 e. The van der Waals surface area contributed by atoms with Crippen molar-refractivity contribution < 1.29 is 5.11 Å². The number of likely N-dealkylation sites (N-methyl/N-ethyl adjacent to an activating group) is 1. The SMILES string of the molecule is CN(CC1(CN)CCCCC1)C1CCCCC1O. The van der Waals surface area contributed by atoms with Crippen molar-refractivity contribution in [3.05, 3.63) is 0 Å². The molecule has 2 fully saturated rings. The molecule has 0 bridgehead atoms. The van der Waals surface area contributed by atoms with E-state index in [0.717, 1.165) is 25.9 Å². The first-order valence-electron chi connectivity index (χ1n) is 7.75. The molecule has 3 nitrogen and oxygen atoms in total. The number of nitrogens with zero attached hydrogens (tertiary/aromatic N) is 1. The number of aliphatic hydroxyl groups is 1. The van der Waals surface area contributed by atoms with Crippen molar-refractivity contribution in [1.82, 2.24) is 4.90 Å². The predicted octanol–water partition coefficient (Wildman–Crippen LogP) is 2.13. The maximum absolute atomic E-state index is 10.2. The summed E-state index contributed by atoms with van der Waals surface area (Å²) in [5, 5.41) is 10.2. The van der Waals surface area contributed by atoms with E-state index in [1.165, 1.54) is 44.9 Å². The molecule has 3 heteroatoms. The lowest BCUT2D eigenvalue weighted by Gasteiger charge is -2.43. The normalized spacial score (nSPS) is 32.7. The summed E-state index contributed by atoms with van der Waals surface area (Å²) in [6, 6.07) is 0.365. The standard InChI is InChI=1S/C15H30N2O/c1-17(13-7-3-4-8-14(13)18)12-15(11-16)9-5-2-6-10-15/h13-14,18H,2-12,16H2,1H3. The summed E-state index contributed by atoms with van der Waals surface area (Å²) in [6.07, 6.45) is 11.0. The highest BCUT2D eigenvalue weighted by Crippen LogP contribution is 2.37. The molecule has 0 amide bonds. The van der Waals surface area contributed by atoms with Crippen molar-refractivity contribution in [2.75, 3.05) is 20.1 Å². The molecule has 2 aliphatic carbocycles. The van der Waals surface area contributed by atoms with Crippen LogP contribution in [0.25, 0.3) is 0 Å². The van der Waals surface area contributed by atoms with E-state index in [4.69, 9.17) is 5.73 Å². The quantitative estimate of drug-likeness (QED) is 0.808. The fourth-order valence-corrected chi connectivity index (χ4v) is 3.98. The van der Waals surface area contributed by atoms with Gasteiger partial charge in [-0.25, -0.2) is 0 Å². The van der Waals surface area contributed by atoms with Crippen LogP contribution >= 0.6 is 0 Å². The Kier molecular flexibility index (Phi) is 5.05. The summed E-state index contributed by atoms with van der Waals surface area (Å²) in [5.41, 5.74) is 6.39. The van der Waals surface area contributed by atoms with Gasteiger partial charge in [0.2, 0.25) is 0 Å². The third-order valence-corrected chi connectivity index (χ3v) is 5.19. The molecule has 106 valence electrons. The highest BCUT2D eigenvalue weighted by Gasteiger charge is 2.35. The summed E-state index contributed by atoms with van der Waals surface area (Å²) >= 11 is 0. The molecule has 0 saturated heterocycles. The van der Waals surface area contributed by atoms with E-state index in [2.05, 4.69) is 11.9 Å². The van der Waals surface area contributed by atoms with Crippen LogP contribution in [0.4, 0.5) is 0 Å². The molecular formula is C15H30N2O. The molecular weight excluding hydrogens is 224 g/mol. The third-order valence-electron chi connectivity index (χ3n) is 5.19. The molecule has 2 atom stereocenters. The second kappa shape index (κ2) is 6.36. The minimum Gasteiger partial charge on any atom is -0.391 e. The van der Waals surface area contributed by atoms with Gasteiger partial charge in [0.1, 0.15) is 0 Å². The van der Waals surface area contributed by atoms with Gasteiger partial charge >= 0.3 is 0 Å². The van der Waals surface area contributed by atoms with Gasteiger partial charge in [-0.1, -0.05) is 32.1 Å². The Morgan fingerprint density at radius 1 is 1.11 bits per heavy atom. The van der Waals surface area contributed by atoms with Gasteiger partial charge < -0.3 is 15.7 Å². The van der Waals surface area contributed by atoms with Gasteiger partial charge in [-0.15, -0.1) is 0 Å². The molecule has 0 aliphatic heterocycles. The van der Waals surface area contributed by atoms with Gasteiger partial charge in [0.15, 0.2) is 0 Å². The van der Waals surface area contributed by atoms with Crippen LogP contribution in [0.15, 0.2) is 0 Å². The van der Waals surface area contributed by atoms with Gasteiger partial charge in [-0.3, -0.25) is 0 Å². The van der Waals surface area contributed by atoms with Crippen molar-refractivity contribution in [3.63, 3.8) is 0 Å². The first kappa shape index (κ1) is 14.3. The Labute approximate surface area is 112 Å². The summed E-state index contributed by atoms with van der Waals surface area (Å²) in [5.74, 6) is 0. The maximum atomic E-state index is 10.2. The summed E-state index contributed by atoms with van der Waals surface area (Å²) in [6.45, 7) is 1.88. The van der Waals surface area contributed by atoms with Crippen LogP contribution in [0.3, 0.4) is 0 Å². The molecule has 0 aromatic rings. The van der Waals surface area contributed by atoms with E-state index in [0.29, 0.717) is 11.5 Å². The summed E-state index contributed by atoms with van der Waals surface area (Å²) in [4.78, 5) is 2.40. The minimum atomic E-state index is -0.123. The first-order valence-corrected chi connectivity index (χ1v) is 7.75. The fourth-order valence-electron chi connectivity index (χ4n) is 3.98. The van der Waals surface area contributed by atoms with Crippen LogP contribution in [0.5, 0.6) is 0 Å². The van der Waals surface area contributed by atoms with Crippen LogP contribution in [0.2, 0.25) is 0 Å². The summed E-state index contributed by atoms with van der Waals surface area (Å²) in [7, 11) is 2.19. The Morgan fingerprint density at radius 3 is 2.39 bits per heavy atom. The molecule has 0 aromatic carbocycles. The lowest BCUT2D eigenvalue weighted by Crippen LogP contribution is -2.50. The fraction of sp³-hybridized carbons (Fsp3) is 1.00. The number of rotatable bonds is 4. The lowest BCUT2D eigenvalue weighted by atomic mass is 9.73. The molecule has 0 aromatic heterocycles. The van der Waals surface area contributed by atoms with Gasteiger partial charge in [0.05, 0.1) is 6.10 Å². The molecule has 0 spiro atoms. The van der Waals surface area contributed by atoms with E-state index in [1.807, 2.05) is 0 Å². The Bertz CT molecular complexity index is 251. The van der Waals surface area contributed by atoms with Crippen LogP contribution in [-0.2, 0) is 0 Å². The number of hydrogen-bond acceptors (Lipinski definition) is 3. The Hall–Kier alpha value is -0.120. The second-order valence-electron chi connectivity index (χ2n) is 6.60. The van der Waals surface area contributed by atoms with Crippen molar-refractivity contribution >= 4 is 0 Å². The van der Waals surface area contributed by atoms with E-state index >= 15 is 0 Å². The topological polar surface area (TPSA) is 49.5 Å². The molecule has 0 heterocycles. The first-order chi connectivity index (χ1) is 8.67. The number of hydrogen-bond donors (Lipinski definition) is 2. The molecule has 2 rings (SSSR count). The maximum Gasteiger partial charge on any atom is 0.0695 e. The van der Waals surface area contributed by atoms with E-state index in [1.54, 1.807) is 0 Å². The van der Waals surface area contributed by atoms with E-state index < -0.39 is 0 Å². The van der Waals surface area contributed by atoms with E-state index in [-0.39, 0.29) is 6.10 Å². The van der Waals surface area contributed by atoms with E-state index in [9.17, 15) is 5.11 Å². The minimum absolute atomic E-state index is 0.123. The molecule has 2 saturated carbocycles. The van der Waals surface area contributed by atoms with Gasteiger partial charge in [-0.2, -0.15) is 0 Å². The number of nitrogens with two attached hydrogens (primary N) is 1. The smallest absolute Gasteiger partial charge is 0.0695 e. The Balaban J connectivity index is 1.93. The molecule has 2 aliphatic rings. The average Bonchev–Trinajstić information content (AvgIpc) is 2.40. The van der Waals surface area contributed by atoms with Crippen molar-refractivity contribution in [1.29, 1.82) is 0 Å². The Morgan fingerprint density at radius 2 is 1.78 bits per heavy atom. The van der Waals surface area contributed by atoms with Gasteiger partial charge in [0.25, 0.3) is 0 Å². The molecule has 18 heavy (non-hydrogen) atoms. The highest BCUT2D eigenvalue weighted by molar-refractivity contribution is 4.90. The van der Waals surface area contributed by atoms with Crippen molar-refractivity contribution in [2.45, 2.75) is 69.9 Å². The predicted molar refractivity (Wildman–Crippen MR) is 75.5 cm³/mol. The molecule has 3 N–H and O–H groups in total. The molecule has 2 unspecified atom stereocenters. The van der Waals surface area contributed by atoms with Crippen molar-refractivity contribution in [2.24, 2.45) is 11.1 Å².